The summed E-state index contributed by atoms with van der Waals surface area (Å²) in [6.45, 7) is 0.349. The highest BCUT2D eigenvalue weighted by Gasteiger charge is 2.37. The predicted octanol–water partition coefficient (Wildman–Crippen LogP) is 4.04. The third kappa shape index (κ3) is 4.55. The van der Waals surface area contributed by atoms with Crippen molar-refractivity contribution < 1.29 is 27.6 Å². The van der Waals surface area contributed by atoms with Crippen LogP contribution >= 0.6 is 0 Å². The number of benzene rings is 2. The molecule has 2 amide bonds. The van der Waals surface area contributed by atoms with Crippen LogP contribution in [0.1, 0.15) is 28.3 Å². The van der Waals surface area contributed by atoms with Gasteiger partial charge in [-0.05, 0) is 48.0 Å². The molecule has 10 heteroatoms. The normalized spacial score (nSPS) is 20.8. The van der Waals surface area contributed by atoms with Gasteiger partial charge in [0.25, 0.3) is 5.91 Å². The maximum atomic E-state index is 13.1. The number of amides is 2. The first kappa shape index (κ1) is 23.6. The molecule has 36 heavy (non-hydrogen) atoms. The Bertz CT molecular complexity index is 1360. The van der Waals surface area contributed by atoms with Crippen molar-refractivity contribution in [2.75, 3.05) is 23.7 Å². The minimum Gasteiger partial charge on any atom is -0.362 e. The lowest BCUT2D eigenvalue weighted by Gasteiger charge is -2.28. The number of nitrogens with one attached hydrogen (secondary N) is 4. The van der Waals surface area contributed by atoms with Gasteiger partial charge in [-0.15, -0.1) is 0 Å². The lowest BCUT2D eigenvalue weighted by Crippen LogP contribution is -2.47. The molecule has 2 aliphatic rings. The second-order valence-corrected chi connectivity index (χ2v) is 8.67. The molecule has 2 unspecified atom stereocenters. The van der Waals surface area contributed by atoms with Crippen LogP contribution in [0.3, 0.4) is 0 Å². The van der Waals surface area contributed by atoms with Gasteiger partial charge in [-0.2, -0.15) is 13.2 Å². The molecule has 0 spiro atoms. The summed E-state index contributed by atoms with van der Waals surface area (Å²) in [6.07, 6.45) is -0.987. The van der Waals surface area contributed by atoms with Crippen LogP contribution < -0.4 is 16.0 Å². The van der Waals surface area contributed by atoms with E-state index in [1.54, 1.807) is 30.5 Å². The molecule has 0 radical (unpaired) electrons. The Labute approximate surface area is 203 Å². The second-order valence-electron chi connectivity index (χ2n) is 8.67. The molecule has 2 atom stereocenters. The molecule has 1 fully saturated rings. The van der Waals surface area contributed by atoms with Gasteiger partial charge >= 0.3 is 6.18 Å². The Morgan fingerprint density at radius 3 is 2.50 bits per heavy atom. The van der Waals surface area contributed by atoms with Gasteiger partial charge in [0, 0.05) is 36.2 Å². The number of hydrogen-bond acceptors (Lipinski definition) is 4. The maximum absolute atomic E-state index is 13.1. The van der Waals surface area contributed by atoms with Crippen molar-refractivity contribution in [1.29, 1.82) is 0 Å². The molecule has 0 saturated carbocycles. The van der Waals surface area contributed by atoms with Gasteiger partial charge in [0.1, 0.15) is 5.92 Å². The quantitative estimate of drug-likeness (QED) is 0.325. The minimum absolute atomic E-state index is 0.118. The average molecular weight is 494 g/mol. The van der Waals surface area contributed by atoms with Crippen molar-refractivity contribution in [3.05, 3.63) is 83.2 Å². The van der Waals surface area contributed by atoms with Crippen LogP contribution in [0.2, 0.25) is 0 Å². The second kappa shape index (κ2) is 9.12. The molecule has 4 N–H and O–H groups in total. The fourth-order valence-corrected chi connectivity index (χ4v) is 4.46. The van der Waals surface area contributed by atoms with E-state index < -0.39 is 29.5 Å². The summed E-state index contributed by atoms with van der Waals surface area (Å²) in [6, 6.07) is 13.0. The SMILES string of the molecule is O=C1Nc2cc(NC(=O)C3CNCC(c4ccc(C(F)(F)F)cc4)C3=O)ccc2/C1=C/c1ccc[nH]1. The number of ketones is 1. The highest BCUT2D eigenvalue weighted by molar-refractivity contribution is 6.35. The van der Waals surface area contributed by atoms with E-state index in [-0.39, 0.29) is 24.8 Å². The van der Waals surface area contributed by atoms with Crippen molar-refractivity contribution in [3.63, 3.8) is 0 Å². The summed E-state index contributed by atoms with van der Waals surface area (Å²) < 4.78 is 38.6. The Morgan fingerprint density at radius 1 is 1.03 bits per heavy atom. The largest absolute Gasteiger partial charge is 0.416 e. The van der Waals surface area contributed by atoms with E-state index in [1.165, 1.54) is 12.1 Å². The van der Waals surface area contributed by atoms with Crippen molar-refractivity contribution in [3.8, 4) is 0 Å². The van der Waals surface area contributed by atoms with E-state index in [4.69, 9.17) is 0 Å². The maximum Gasteiger partial charge on any atom is 0.416 e. The molecule has 184 valence electrons. The smallest absolute Gasteiger partial charge is 0.362 e. The monoisotopic (exact) mass is 494 g/mol. The lowest BCUT2D eigenvalue weighted by molar-refractivity contribution is -0.137. The van der Waals surface area contributed by atoms with Crippen LogP contribution in [-0.2, 0) is 20.6 Å². The Balaban J connectivity index is 1.30. The number of anilines is 2. The number of rotatable bonds is 4. The number of alkyl halides is 3. The van der Waals surface area contributed by atoms with Crippen molar-refractivity contribution in [2.45, 2.75) is 12.1 Å². The summed E-state index contributed by atoms with van der Waals surface area (Å²) in [7, 11) is 0. The molecule has 3 heterocycles. The summed E-state index contributed by atoms with van der Waals surface area (Å²) in [4.78, 5) is 41.5. The van der Waals surface area contributed by atoms with E-state index in [0.717, 1.165) is 17.8 Å². The number of halogens is 3. The van der Waals surface area contributed by atoms with Crippen LogP contribution in [0.25, 0.3) is 11.6 Å². The van der Waals surface area contributed by atoms with E-state index in [2.05, 4.69) is 20.9 Å². The number of aromatic nitrogens is 1. The number of aromatic amines is 1. The molecule has 0 bridgehead atoms. The van der Waals surface area contributed by atoms with Gasteiger partial charge in [-0.25, -0.2) is 0 Å². The summed E-state index contributed by atoms with van der Waals surface area (Å²) in [5.41, 5.74) is 2.50. The van der Waals surface area contributed by atoms with Crippen LogP contribution in [-0.4, -0.2) is 35.7 Å². The van der Waals surface area contributed by atoms with E-state index in [1.807, 2.05) is 12.1 Å². The molecule has 3 aromatic rings. The highest BCUT2D eigenvalue weighted by atomic mass is 19.4. The van der Waals surface area contributed by atoms with Gasteiger partial charge in [0.15, 0.2) is 5.78 Å². The zero-order valence-corrected chi connectivity index (χ0v) is 18.8. The molecule has 0 aliphatic carbocycles. The minimum atomic E-state index is -4.47. The van der Waals surface area contributed by atoms with Crippen molar-refractivity contribution in [2.24, 2.45) is 5.92 Å². The number of carbonyl (C=O) groups is 3. The van der Waals surface area contributed by atoms with Crippen molar-refractivity contribution >= 4 is 40.6 Å². The molecule has 1 aromatic heterocycles. The number of carbonyl (C=O) groups excluding carboxylic acids is 3. The van der Waals surface area contributed by atoms with Crippen LogP contribution in [0.15, 0.2) is 60.8 Å². The van der Waals surface area contributed by atoms with Gasteiger partial charge in [0.05, 0.1) is 22.7 Å². The Morgan fingerprint density at radius 2 is 1.81 bits per heavy atom. The fourth-order valence-electron chi connectivity index (χ4n) is 4.46. The molecular weight excluding hydrogens is 473 g/mol. The van der Waals surface area contributed by atoms with Gasteiger partial charge < -0.3 is 20.9 Å². The first-order valence-electron chi connectivity index (χ1n) is 11.2. The molecule has 2 aliphatic heterocycles. The van der Waals surface area contributed by atoms with Crippen molar-refractivity contribution in [1.82, 2.24) is 10.3 Å². The van der Waals surface area contributed by atoms with E-state index in [9.17, 15) is 27.6 Å². The van der Waals surface area contributed by atoms with Crippen LogP contribution in [0, 0.1) is 5.92 Å². The number of fused-ring (bicyclic) bond motifs is 1. The summed E-state index contributed by atoms with van der Waals surface area (Å²) >= 11 is 0. The first-order valence-corrected chi connectivity index (χ1v) is 11.2. The fraction of sp³-hybridized carbons (Fsp3) is 0.192. The van der Waals surface area contributed by atoms with Crippen LogP contribution in [0.5, 0.6) is 0 Å². The third-order valence-electron chi connectivity index (χ3n) is 6.33. The van der Waals surface area contributed by atoms with E-state index >= 15 is 0 Å². The first-order chi connectivity index (χ1) is 17.2. The van der Waals surface area contributed by atoms with Gasteiger partial charge in [-0.3, -0.25) is 14.4 Å². The Kier molecular flexibility index (Phi) is 5.97. The van der Waals surface area contributed by atoms with Gasteiger partial charge in [0.2, 0.25) is 5.91 Å². The zero-order chi connectivity index (χ0) is 25.4. The summed E-state index contributed by atoms with van der Waals surface area (Å²) in [5, 5.41) is 8.52. The predicted molar refractivity (Wildman–Crippen MR) is 128 cm³/mol. The standard InChI is InChI=1S/C26H21F3N4O3/c27-26(28,29)15-5-3-14(4-6-15)20-12-30-13-21(23(20)34)25(36)32-17-7-8-18-19(10-16-2-1-9-31-16)24(35)33-22(18)11-17/h1-11,20-21,30-31H,12-13H2,(H,32,36)(H,33,35)/b19-10-. The molecule has 2 aromatic carbocycles. The Hall–Kier alpha value is -4.18. The number of hydrogen-bond donors (Lipinski definition) is 4. The number of H-pyrrole nitrogens is 1. The molecule has 5 rings (SSSR count). The topological polar surface area (TPSA) is 103 Å². The number of piperidine rings is 1. The molecular formula is C26H21F3N4O3. The molecule has 7 nitrogen and oxygen atoms in total. The summed E-state index contributed by atoms with van der Waals surface area (Å²) in [5.74, 6) is -2.92. The number of Topliss-reactive ketones (excluding diaryl/α,β-unsaturated/α-hetero) is 1. The highest BCUT2D eigenvalue weighted by Crippen LogP contribution is 2.35. The molecule has 1 saturated heterocycles. The zero-order valence-electron chi connectivity index (χ0n) is 18.8. The lowest BCUT2D eigenvalue weighted by atomic mass is 9.83. The third-order valence-corrected chi connectivity index (χ3v) is 6.33. The van der Waals surface area contributed by atoms with E-state index in [0.29, 0.717) is 28.1 Å². The average Bonchev–Trinajstić information content (AvgIpc) is 3.46. The van der Waals surface area contributed by atoms with Gasteiger partial charge in [-0.1, -0.05) is 18.2 Å². The van der Waals surface area contributed by atoms with Crippen LogP contribution in [0.4, 0.5) is 24.5 Å².